The first-order valence-electron chi connectivity index (χ1n) is 12.0. The fourth-order valence-corrected chi connectivity index (χ4v) is 4.47. The molecule has 0 aliphatic rings. The topological polar surface area (TPSA) is 130 Å². The number of amides is 2. The minimum atomic E-state index is -2.00. The maximum atomic E-state index is 13.2. The summed E-state index contributed by atoms with van der Waals surface area (Å²) in [6, 6.07) is 19.5. The Kier molecular flexibility index (Phi) is 8.32. The molecular weight excluding hydrogens is 543 g/mol. The highest BCUT2D eigenvalue weighted by molar-refractivity contribution is 6.30. The quantitative estimate of drug-likeness (QED) is 0.280. The van der Waals surface area contributed by atoms with Gasteiger partial charge in [-0.3, -0.25) is 14.4 Å². The number of carboxylic acid groups (broad SMARTS) is 1. The molecule has 0 aliphatic carbocycles. The maximum absolute atomic E-state index is 13.2. The standard InChI is InChI=1S/C28H24Cl2N4O5/c1-2-28(27(38)39,31-23(35)15-17-7-11-19(29)12-8-17)25-21-5-3-4-6-22(21)26(37)34(33-25)32-24(36)16-18-9-13-20(30)14-10-18/h3-14H,2,15-16H2,1H3,(H,31,35)(H,32,36)(H,38,39). The third-order valence-corrected chi connectivity index (χ3v) is 6.75. The summed E-state index contributed by atoms with van der Waals surface area (Å²) in [5, 5.41) is 18.7. The number of rotatable bonds is 9. The van der Waals surface area contributed by atoms with Crippen LogP contribution in [0.4, 0.5) is 0 Å². The highest BCUT2D eigenvalue weighted by Gasteiger charge is 2.44. The first-order valence-corrected chi connectivity index (χ1v) is 12.7. The molecule has 3 aromatic carbocycles. The van der Waals surface area contributed by atoms with Crippen LogP contribution in [0.15, 0.2) is 77.6 Å². The fourth-order valence-electron chi connectivity index (χ4n) is 4.22. The lowest BCUT2D eigenvalue weighted by Crippen LogP contribution is -2.53. The van der Waals surface area contributed by atoms with Crippen LogP contribution in [0.1, 0.15) is 30.2 Å². The summed E-state index contributed by atoms with van der Waals surface area (Å²) in [5.74, 6) is -2.50. The zero-order valence-corrected chi connectivity index (χ0v) is 22.3. The van der Waals surface area contributed by atoms with Gasteiger partial charge in [0.15, 0.2) is 5.54 Å². The van der Waals surface area contributed by atoms with Gasteiger partial charge in [-0.05, 0) is 47.9 Å². The van der Waals surface area contributed by atoms with Crippen LogP contribution in [-0.4, -0.2) is 32.8 Å². The van der Waals surface area contributed by atoms with Crippen LogP contribution in [0, 0.1) is 0 Å². The van der Waals surface area contributed by atoms with Crippen LogP contribution >= 0.6 is 23.2 Å². The number of hydrogen-bond acceptors (Lipinski definition) is 5. The minimum absolute atomic E-state index is 0.0802. The Hall–Kier alpha value is -4.21. The Labute approximate surface area is 233 Å². The average molecular weight is 567 g/mol. The SMILES string of the molecule is CCC(NC(=O)Cc1ccc(Cl)cc1)(C(=O)O)c1nn(NC(=O)Cc2ccc(Cl)cc2)c(=O)c2ccccc12. The monoisotopic (exact) mass is 566 g/mol. The van der Waals surface area contributed by atoms with Crippen molar-refractivity contribution in [1.82, 2.24) is 15.2 Å². The van der Waals surface area contributed by atoms with Crippen LogP contribution in [0.2, 0.25) is 10.0 Å². The molecule has 200 valence electrons. The lowest BCUT2D eigenvalue weighted by Gasteiger charge is -2.30. The number of aliphatic carboxylic acids is 1. The average Bonchev–Trinajstić information content (AvgIpc) is 2.91. The molecule has 0 spiro atoms. The first kappa shape index (κ1) is 27.8. The Balaban J connectivity index is 1.74. The zero-order valence-electron chi connectivity index (χ0n) is 20.8. The van der Waals surface area contributed by atoms with E-state index in [1.807, 2.05) is 0 Å². The molecule has 4 rings (SSSR count). The van der Waals surface area contributed by atoms with Crippen molar-refractivity contribution in [3.05, 3.63) is 110 Å². The van der Waals surface area contributed by atoms with Crippen LogP contribution in [0.5, 0.6) is 0 Å². The molecule has 1 unspecified atom stereocenters. The Morgan fingerprint density at radius 2 is 1.36 bits per heavy atom. The molecule has 39 heavy (non-hydrogen) atoms. The van der Waals surface area contributed by atoms with Crippen molar-refractivity contribution in [3.63, 3.8) is 0 Å². The number of aromatic nitrogens is 2. The van der Waals surface area contributed by atoms with Gasteiger partial charge in [0.1, 0.15) is 5.69 Å². The molecule has 4 aromatic rings. The smallest absolute Gasteiger partial charge is 0.335 e. The summed E-state index contributed by atoms with van der Waals surface area (Å²) in [5.41, 5.74) is 0.973. The van der Waals surface area contributed by atoms with Crippen molar-refractivity contribution in [2.75, 3.05) is 5.43 Å². The van der Waals surface area contributed by atoms with E-state index in [0.717, 1.165) is 0 Å². The molecule has 11 heteroatoms. The van der Waals surface area contributed by atoms with Gasteiger partial charge in [-0.2, -0.15) is 0 Å². The van der Waals surface area contributed by atoms with E-state index in [-0.39, 0.29) is 35.7 Å². The Morgan fingerprint density at radius 1 is 0.846 bits per heavy atom. The number of carbonyl (C=O) groups excluding carboxylic acids is 2. The van der Waals surface area contributed by atoms with Gasteiger partial charge in [-0.15, -0.1) is 9.89 Å². The van der Waals surface area contributed by atoms with Crippen molar-refractivity contribution >= 4 is 51.8 Å². The molecule has 1 heterocycles. The van der Waals surface area contributed by atoms with Gasteiger partial charge in [-0.1, -0.05) is 72.6 Å². The predicted molar refractivity (Wildman–Crippen MR) is 148 cm³/mol. The Morgan fingerprint density at radius 3 is 1.87 bits per heavy atom. The minimum Gasteiger partial charge on any atom is -0.479 e. The number of hydrogen-bond donors (Lipinski definition) is 3. The second kappa shape index (κ2) is 11.7. The molecule has 0 radical (unpaired) electrons. The van der Waals surface area contributed by atoms with E-state index in [0.29, 0.717) is 26.0 Å². The summed E-state index contributed by atoms with van der Waals surface area (Å²) >= 11 is 11.8. The number of nitrogens with one attached hydrogen (secondary N) is 2. The van der Waals surface area contributed by atoms with Crippen molar-refractivity contribution in [2.24, 2.45) is 0 Å². The van der Waals surface area contributed by atoms with Gasteiger partial charge >= 0.3 is 5.97 Å². The second-order valence-electron chi connectivity index (χ2n) is 8.86. The van der Waals surface area contributed by atoms with Crippen LogP contribution < -0.4 is 16.3 Å². The van der Waals surface area contributed by atoms with Crippen molar-refractivity contribution < 1.29 is 19.5 Å². The van der Waals surface area contributed by atoms with E-state index < -0.39 is 28.9 Å². The second-order valence-corrected chi connectivity index (χ2v) is 9.74. The van der Waals surface area contributed by atoms with Gasteiger partial charge in [0.05, 0.1) is 18.2 Å². The molecule has 0 aliphatic heterocycles. The number of carbonyl (C=O) groups is 3. The van der Waals surface area contributed by atoms with E-state index in [9.17, 15) is 24.3 Å². The zero-order chi connectivity index (χ0) is 28.2. The van der Waals surface area contributed by atoms with Gasteiger partial charge in [0.25, 0.3) is 5.56 Å². The number of nitrogens with zero attached hydrogens (tertiary/aromatic N) is 2. The molecule has 0 fully saturated rings. The van der Waals surface area contributed by atoms with E-state index >= 15 is 0 Å². The third kappa shape index (κ3) is 6.10. The maximum Gasteiger partial charge on any atom is 0.335 e. The van der Waals surface area contributed by atoms with E-state index in [1.165, 1.54) is 6.07 Å². The van der Waals surface area contributed by atoms with Gasteiger partial charge < -0.3 is 10.4 Å². The summed E-state index contributed by atoms with van der Waals surface area (Å²) in [4.78, 5) is 52.5. The summed E-state index contributed by atoms with van der Waals surface area (Å²) < 4.78 is 0. The van der Waals surface area contributed by atoms with E-state index in [4.69, 9.17) is 23.2 Å². The van der Waals surface area contributed by atoms with Crippen molar-refractivity contribution in [3.8, 4) is 0 Å². The fraction of sp³-hybridized carbons (Fsp3) is 0.179. The number of halogens is 2. The highest BCUT2D eigenvalue weighted by Crippen LogP contribution is 2.29. The lowest BCUT2D eigenvalue weighted by molar-refractivity contribution is -0.148. The molecule has 0 saturated carbocycles. The number of benzene rings is 3. The van der Waals surface area contributed by atoms with E-state index in [1.54, 1.807) is 73.7 Å². The van der Waals surface area contributed by atoms with Gasteiger partial charge in [0.2, 0.25) is 11.8 Å². The molecule has 1 atom stereocenters. The van der Waals surface area contributed by atoms with Gasteiger partial charge in [0, 0.05) is 15.4 Å². The number of carboxylic acids is 1. The predicted octanol–water partition coefficient (Wildman–Crippen LogP) is 4.06. The molecule has 2 amide bonds. The first-order chi connectivity index (χ1) is 18.6. The van der Waals surface area contributed by atoms with Crippen LogP contribution in [0.25, 0.3) is 10.8 Å². The van der Waals surface area contributed by atoms with Crippen LogP contribution in [-0.2, 0) is 32.8 Å². The molecule has 0 bridgehead atoms. The number of fused-ring (bicyclic) bond motifs is 1. The lowest BCUT2D eigenvalue weighted by atomic mass is 9.88. The Bertz CT molecular complexity index is 1600. The molecule has 0 saturated heterocycles. The third-order valence-electron chi connectivity index (χ3n) is 6.24. The summed E-state index contributed by atoms with van der Waals surface area (Å²) in [7, 11) is 0. The molecule has 1 aromatic heterocycles. The largest absolute Gasteiger partial charge is 0.479 e. The highest BCUT2D eigenvalue weighted by atomic mass is 35.5. The summed E-state index contributed by atoms with van der Waals surface area (Å²) in [6.07, 6.45) is -0.284. The molecule has 9 nitrogen and oxygen atoms in total. The van der Waals surface area contributed by atoms with Crippen LogP contribution in [0.3, 0.4) is 0 Å². The molecule has 3 N–H and O–H groups in total. The molecular formula is C28H24Cl2N4O5. The van der Waals surface area contributed by atoms with E-state index in [2.05, 4.69) is 15.8 Å². The van der Waals surface area contributed by atoms with Crippen molar-refractivity contribution in [1.29, 1.82) is 0 Å². The van der Waals surface area contributed by atoms with Crippen molar-refractivity contribution in [2.45, 2.75) is 31.7 Å². The summed E-state index contributed by atoms with van der Waals surface area (Å²) in [6.45, 7) is 1.59. The van der Waals surface area contributed by atoms with Gasteiger partial charge in [-0.25, -0.2) is 10.2 Å². The normalized spacial score (nSPS) is 12.5.